The van der Waals surface area contributed by atoms with Crippen LogP contribution in [0.3, 0.4) is 0 Å². The Bertz CT molecular complexity index is 827. The first-order valence-corrected chi connectivity index (χ1v) is 8.40. The van der Waals surface area contributed by atoms with Crippen molar-refractivity contribution >= 4 is 10.9 Å². The topological polar surface area (TPSA) is 72.0 Å². The molecule has 126 valence electrons. The number of rotatable bonds is 5. The number of hydrogen-bond acceptors (Lipinski definition) is 5. The third kappa shape index (κ3) is 2.81. The highest BCUT2D eigenvalue weighted by Crippen LogP contribution is 2.26. The number of hydrogen-bond donors (Lipinski definition) is 1. The first-order valence-electron chi connectivity index (χ1n) is 8.40. The molecular formula is C17H22N6O. The molecule has 1 aliphatic rings. The third-order valence-electron chi connectivity index (χ3n) is 4.75. The fourth-order valence-electron chi connectivity index (χ4n) is 3.59. The Hall–Kier alpha value is -2.25. The van der Waals surface area contributed by atoms with Gasteiger partial charge >= 0.3 is 0 Å². The Balaban J connectivity index is 1.51. The molecule has 0 bridgehead atoms. The van der Waals surface area contributed by atoms with Crippen LogP contribution in [0.4, 0.5) is 0 Å². The second-order valence-electron chi connectivity index (χ2n) is 6.57. The molecule has 3 heterocycles. The van der Waals surface area contributed by atoms with Gasteiger partial charge in [0, 0.05) is 37.8 Å². The van der Waals surface area contributed by atoms with Crippen LogP contribution in [-0.4, -0.2) is 53.5 Å². The number of fused-ring (bicyclic) bond motifs is 1. The van der Waals surface area contributed by atoms with Crippen LogP contribution in [0.15, 0.2) is 36.7 Å². The SMILES string of the molecule is CCn1nc(CN2CCC(O)(Cn3ccnn3)C2)c2ccccc21. The van der Waals surface area contributed by atoms with Crippen molar-refractivity contribution in [1.82, 2.24) is 29.7 Å². The summed E-state index contributed by atoms with van der Waals surface area (Å²) < 4.78 is 3.74. The molecule has 7 nitrogen and oxygen atoms in total. The number of aryl methyl sites for hydroxylation is 1. The zero-order valence-corrected chi connectivity index (χ0v) is 13.8. The lowest BCUT2D eigenvalue weighted by atomic mass is 10.0. The fourth-order valence-corrected chi connectivity index (χ4v) is 3.59. The van der Waals surface area contributed by atoms with Gasteiger partial charge in [-0.25, -0.2) is 4.68 Å². The number of nitrogens with zero attached hydrogens (tertiary/aromatic N) is 6. The molecule has 2 aromatic heterocycles. The third-order valence-corrected chi connectivity index (χ3v) is 4.75. The number of β-amino-alcohol motifs (C(OH)–C–C–N with tert-alkyl or cyclic N) is 1. The molecule has 24 heavy (non-hydrogen) atoms. The van der Waals surface area contributed by atoms with Gasteiger partial charge in [-0.2, -0.15) is 5.10 Å². The summed E-state index contributed by atoms with van der Waals surface area (Å²) in [7, 11) is 0. The summed E-state index contributed by atoms with van der Waals surface area (Å²) in [5, 5.41) is 24.5. The van der Waals surface area contributed by atoms with E-state index in [2.05, 4.69) is 40.3 Å². The van der Waals surface area contributed by atoms with Crippen molar-refractivity contribution in [2.24, 2.45) is 0 Å². The van der Waals surface area contributed by atoms with E-state index < -0.39 is 5.60 Å². The van der Waals surface area contributed by atoms with Gasteiger partial charge in [-0.3, -0.25) is 9.58 Å². The van der Waals surface area contributed by atoms with E-state index in [9.17, 15) is 5.11 Å². The Morgan fingerprint density at radius 1 is 1.29 bits per heavy atom. The molecule has 1 atom stereocenters. The van der Waals surface area contributed by atoms with Gasteiger partial charge in [-0.15, -0.1) is 5.10 Å². The molecule has 1 saturated heterocycles. The first kappa shape index (κ1) is 15.3. The molecule has 0 spiro atoms. The van der Waals surface area contributed by atoms with Crippen molar-refractivity contribution in [3.63, 3.8) is 0 Å². The standard InChI is InChI=1S/C17H22N6O/c1-2-23-16-6-4-3-5-14(16)15(19-23)11-21-9-7-17(24,12-21)13-22-10-8-18-20-22/h3-6,8,10,24H,2,7,9,11-13H2,1H3. The van der Waals surface area contributed by atoms with Gasteiger partial charge in [0.15, 0.2) is 0 Å². The summed E-state index contributed by atoms with van der Waals surface area (Å²) in [6.45, 7) is 5.69. The molecule has 4 rings (SSSR count). The normalized spacial score (nSPS) is 21.8. The van der Waals surface area contributed by atoms with Crippen molar-refractivity contribution in [3.8, 4) is 0 Å². The molecular weight excluding hydrogens is 304 g/mol. The predicted molar refractivity (Wildman–Crippen MR) is 90.3 cm³/mol. The zero-order chi connectivity index (χ0) is 16.6. The van der Waals surface area contributed by atoms with E-state index in [0.29, 0.717) is 13.1 Å². The van der Waals surface area contributed by atoms with Gasteiger partial charge in [0.1, 0.15) is 0 Å². The van der Waals surface area contributed by atoms with Crippen molar-refractivity contribution < 1.29 is 5.11 Å². The van der Waals surface area contributed by atoms with E-state index in [1.807, 2.05) is 10.7 Å². The number of aromatic nitrogens is 5. The molecule has 1 N–H and O–H groups in total. The predicted octanol–water partition coefficient (Wildman–Crippen LogP) is 1.28. The van der Waals surface area contributed by atoms with E-state index >= 15 is 0 Å². The number of para-hydroxylation sites is 1. The van der Waals surface area contributed by atoms with E-state index in [1.54, 1.807) is 17.1 Å². The summed E-state index contributed by atoms with van der Waals surface area (Å²) >= 11 is 0. The average Bonchev–Trinajstić information content (AvgIpc) is 3.29. The lowest BCUT2D eigenvalue weighted by Gasteiger charge is -2.22. The van der Waals surface area contributed by atoms with Crippen LogP contribution >= 0.6 is 0 Å². The minimum atomic E-state index is -0.753. The lowest BCUT2D eigenvalue weighted by Crippen LogP contribution is -2.37. The molecule has 3 aromatic rings. The summed E-state index contributed by atoms with van der Waals surface area (Å²) in [5.41, 5.74) is 1.50. The molecule has 0 aliphatic carbocycles. The van der Waals surface area contributed by atoms with Crippen LogP contribution in [-0.2, 0) is 19.6 Å². The van der Waals surface area contributed by atoms with Crippen LogP contribution in [0, 0.1) is 0 Å². The molecule has 1 unspecified atom stereocenters. The molecule has 7 heteroatoms. The van der Waals surface area contributed by atoms with Gasteiger partial charge in [0.2, 0.25) is 0 Å². The fraction of sp³-hybridized carbons (Fsp3) is 0.471. The van der Waals surface area contributed by atoms with Crippen LogP contribution in [0.25, 0.3) is 10.9 Å². The highest BCUT2D eigenvalue weighted by atomic mass is 16.3. The highest BCUT2D eigenvalue weighted by Gasteiger charge is 2.37. The van der Waals surface area contributed by atoms with E-state index in [4.69, 9.17) is 5.10 Å². The van der Waals surface area contributed by atoms with Gasteiger partial charge < -0.3 is 5.11 Å². The first-order chi connectivity index (χ1) is 11.7. The second kappa shape index (κ2) is 5.99. The Morgan fingerprint density at radius 3 is 2.96 bits per heavy atom. The van der Waals surface area contributed by atoms with Crippen molar-refractivity contribution in [3.05, 3.63) is 42.4 Å². The van der Waals surface area contributed by atoms with Crippen molar-refractivity contribution in [2.45, 2.75) is 38.6 Å². The number of likely N-dealkylation sites (tertiary alicyclic amines) is 1. The van der Waals surface area contributed by atoms with Gasteiger partial charge in [0.05, 0.1) is 29.6 Å². The van der Waals surface area contributed by atoms with Gasteiger partial charge in [0.25, 0.3) is 0 Å². The second-order valence-corrected chi connectivity index (χ2v) is 6.57. The summed E-state index contributed by atoms with van der Waals surface area (Å²) in [6, 6.07) is 8.34. The largest absolute Gasteiger partial charge is 0.387 e. The summed E-state index contributed by atoms with van der Waals surface area (Å²) in [5.74, 6) is 0. The van der Waals surface area contributed by atoms with Crippen molar-refractivity contribution in [1.29, 1.82) is 0 Å². The smallest absolute Gasteiger partial charge is 0.0981 e. The van der Waals surface area contributed by atoms with E-state index in [0.717, 1.165) is 31.7 Å². The van der Waals surface area contributed by atoms with Crippen LogP contribution in [0.1, 0.15) is 19.0 Å². The minimum absolute atomic E-state index is 0.480. The van der Waals surface area contributed by atoms with Crippen molar-refractivity contribution in [2.75, 3.05) is 13.1 Å². The zero-order valence-electron chi connectivity index (χ0n) is 13.8. The van der Waals surface area contributed by atoms with E-state index in [1.165, 1.54) is 10.9 Å². The van der Waals surface area contributed by atoms with Crippen LogP contribution in [0.5, 0.6) is 0 Å². The molecule has 1 aliphatic heterocycles. The molecule has 0 radical (unpaired) electrons. The maximum Gasteiger partial charge on any atom is 0.0981 e. The summed E-state index contributed by atoms with van der Waals surface area (Å²) in [6.07, 6.45) is 4.16. The maximum atomic E-state index is 10.8. The Labute approximate surface area is 140 Å². The van der Waals surface area contributed by atoms with Crippen LogP contribution < -0.4 is 0 Å². The van der Waals surface area contributed by atoms with Crippen LogP contribution in [0.2, 0.25) is 0 Å². The summed E-state index contributed by atoms with van der Waals surface area (Å²) in [4.78, 5) is 2.27. The molecule has 0 amide bonds. The molecule has 0 saturated carbocycles. The average molecular weight is 326 g/mol. The Morgan fingerprint density at radius 2 is 2.17 bits per heavy atom. The number of benzene rings is 1. The number of aliphatic hydroxyl groups is 1. The maximum absolute atomic E-state index is 10.8. The van der Waals surface area contributed by atoms with Gasteiger partial charge in [-0.1, -0.05) is 23.4 Å². The molecule has 1 fully saturated rings. The highest BCUT2D eigenvalue weighted by molar-refractivity contribution is 5.81. The van der Waals surface area contributed by atoms with Gasteiger partial charge in [-0.05, 0) is 19.4 Å². The minimum Gasteiger partial charge on any atom is -0.387 e. The Kier molecular flexibility index (Phi) is 3.82. The molecule has 1 aromatic carbocycles. The lowest BCUT2D eigenvalue weighted by molar-refractivity contribution is 0.0273. The van der Waals surface area contributed by atoms with E-state index in [-0.39, 0.29) is 0 Å². The monoisotopic (exact) mass is 326 g/mol. The quantitative estimate of drug-likeness (QED) is 0.765.